The third-order valence-corrected chi connectivity index (χ3v) is 4.05. The van der Waals surface area contributed by atoms with Gasteiger partial charge in [0.2, 0.25) is 5.91 Å². The number of morpholine rings is 1. The van der Waals surface area contributed by atoms with Crippen LogP contribution in [0.2, 0.25) is 0 Å². The number of rotatable bonds is 3. The minimum absolute atomic E-state index is 0.0302. The fourth-order valence-corrected chi connectivity index (χ4v) is 2.90. The molecule has 0 aromatic carbocycles. The predicted molar refractivity (Wildman–Crippen MR) is 68.0 cm³/mol. The second-order valence-corrected chi connectivity index (χ2v) is 5.61. The maximum Gasteiger partial charge on any atom is 0.224 e. The Kier molecular flexibility index (Phi) is 4.59. The van der Waals surface area contributed by atoms with Crippen LogP contribution in [-0.4, -0.2) is 53.9 Å². The number of ether oxygens (including phenoxy) is 1. The molecule has 3 N–H and O–H groups in total. The number of carbonyl (C=O) groups is 1. The molecule has 0 radical (unpaired) electrons. The second kappa shape index (κ2) is 5.99. The molecular weight excluding hydrogens is 232 g/mol. The SMILES string of the molecule is NC1(CC(=O)N2CCOC(CO)C2)CCCCC1. The molecule has 1 heterocycles. The van der Waals surface area contributed by atoms with Gasteiger partial charge in [-0.3, -0.25) is 4.79 Å². The van der Waals surface area contributed by atoms with E-state index >= 15 is 0 Å². The van der Waals surface area contributed by atoms with E-state index in [1.165, 1.54) is 6.42 Å². The molecule has 2 rings (SSSR count). The average molecular weight is 256 g/mol. The van der Waals surface area contributed by atoms with E-state index in [4.69, 9.17) is 15.6 Å². The summed E-state index contributed by atoms with van der Waals surface area (Å²) in [7, 11) is 0. The molecule has 5 nitrogen and oxygen atoms in total. The number of nitrogens with zero attached hydrogens (tertiary/aromatic N) is 1. The molecule has 2 fully saturated rings. The first-order valence-electron chi connectivity index (χ1n) is 6.92. The van der Waals surface area contributed by atoms with Gasteiger partial charge in [0, 0.05) is 25.0 Å². The van der Waals surface area contributed by atoms with E-state index < -0.39 is 0 Å². The van der Waals surface area contributed by atoms with Crippen LogP contribution in [0.25, 0.3) is 0 Å². The van der Waals surface area contributed by atoms with Crippen LogP contribution >= 0.6 is 0 Å². The summed E-state index contributed by atoms with van der Waals surface area (Å²) in [6.45, 7) is 1.59. The van der Waals surface area contributed by atoms with Crippen molar-refractivity contribution in [2.75, 3.05) is 26.3 Å². The van der Waals surface area contributed by atoms with E-state index in [-0.39, 0.29) is 24.2 Å². The number of hydrogen-bond acceptors (Lipinski definition) is 4. The Bertz CT molecular complexity index is 290. The summed E-state index contributed by atoms with van der Waals surface area (Å²) in [6, 6.07) is 0. The first kappa shape index (κ1) is 13.8. The lowest BCUT2D eigenvalue weighted by molar-refractivity contribution is -0.141. The summed E-state index contributed by atoms with van der Waals surface area (Å²) in [6.07, 6.45) is 5.60. The summed E-state index contributed by atoms with van der Waals surface area (Å²) in [4.78, 5) is 14.0. The van der Waals surface area contributed by atoms with Gasteiger partial charge in [0.1, 0.15) is 0 Å². The van der Waals surface area contributed by atoms with Crippen molar-refractivity contribution in [3.8, 4) is 0 Å². The van der Waals surface area contributed by atoms with Crippen LogP contribution in [0.1, 0.15) is 38.5 Å². The molecule has 5 heteroatoms. The topological polar surface area (TPSA) is 75.8 Å². The first-order valence-corrected chi connectivity index (χ1v) is 6.92. The second-order valence-electron chi connectivity index (χ2n) is 5.61. The van der Waals surface area contributed by atoms with Gasteiger partial charge in [-0.25, -0.2) is 0 Å². The molecule has 1 saturated carbocycles. The third-order valence-electron chi connectivity index (χ3n) is 4.05. The highest BCUT2D eigenvalue weighted by molar-refractivity contribution is 5.77. The molecule has 0 spiro atoms. The van der Waals surface area contributed by atoms with Gasteiger partial charge >= 0.3 is 0 Å². The van der Waals surface area contributed by atoms with Crippen LogP contribution in [0.4, 0.5) is 0 Å². The Morgan fingerprint density at radius 3 is 2.78 bits per heavy atom. The van der Waals surface area contributed by atoms with Crippen molar-refractivity contribution in [1.29, 1.82) is 0 Å². The van der Waals surface area contributed by atoms with Gasteiger partial charge in [-0.1, -0.05) is 19.3 Å². The molecule has 1 aliphatic carbocycles. The summed E-state index contributed by atoms with van der Waals surface area (Å²) in [5.74, 6) is 0.112. The third kappa shape index (κ3) is 3.43. The molecule has 1 atom stereocenters. The van der Waals surface area contributed by atoms with Crippen molar-refractivity contribution in [3.05, 3.63) is 0 Å². The maximum absolute atomic E-state index is 12.2. The summed E-state index contributed by atoms with van der Waals surface area (Å²) >= 11 is 0. The number of aliphatic hydroxyl groups excluding tert-OH is 1. The fourth-order valence-electron chi connectivity index (χ4n) is 2.90. The van der Waals surface area contributed by atoms with Crippen LogP contribution < -0.4 is 5.73 Å². The molecule has 104 valence electrons. The zero-order valence-electron chi connectivity index (χ0n) is 10.9. The highest BCUT2D eigenvalue weighted by atomic mass is 16.5. The van der Waals surface area contributed by atoms with Crippen LogP contribution in [0.15, 0.2) is 0 Å². The van der Waals surface area contributed by atoms with E-state index in [0.717, 1.165) is 25.7 Å². The molecular formula is C13H24N2O3. The summed E-state index contributed by atoms with van der Waals surface area (Å²) in [5, 5.41) is 9.08. The zero-order valence-corrected chi connectivity index (χ0v) is 10.9. The van der Waals surface area contributed by atoms with Crippen molar-refractivity contribution in [3.63, 3.8) is 0 Å². The average Bonchev–Trinajstić information content (AvgIpc) is 2.39. The highest BCUT2D eigenvalue weighted by Crippen LogP contribution is 2.29. The number of aliphatic hydroxyl groups is 1. The van der Waals surface area contributed by atoms with Crippen LogP contribution in [0, 0.1) is 0 Å². The monoisotopic (exact) mass is 256 g/mol. The Hall–Kier alpha value is -0.650. The van der Waals surface area contributed by atoms with Gasteiger partial charge in [-0.05, 0) is 12.8 Å². The molecule has 2 aliphatic rings. The number of nitrogens with two attached hydrogens (primary N) is 1. The number of hydrogen-bond donors (Lipinski definition) is 2. The van der Waals surface area contributed by atoms with Crippen molar-refractivity contribution in [2.24, 2.45) is 5.73 Å². The molecule has 1 aliphatic heterocycles. The lowest BCUT2D eigenvalue weighted by atomic mass is 9.80. The van der Waals surface area contributed by atoms with E-state index in [9.17, 15) is 4.79 Å². The molecule has 1 saturated heterocycles. The maximum atomic E-state index is 12.2. The van der Waals surface area contributed by atoms with Gasteiger partial charge < -0.3 is 20.5 Å². The molecule has 0 aromatic rings. The van der Waals surface area contributed by atoms with E-state index in [0.29, 0.717) is 26.1 Å². The Morgan fingerprint density at radius 1 is 1.39 bits per heavy atom. The highest BCUT2D eigenvalue weighted by Gasteiger charge is 2.33. The molecule has 18 heavy (non-hydrogen) atoms. The normalized spacial score (nSPS) is 28.1. The summed E-state index contributed by atoms with van der Waals surface area (Å²) in [5.41, 5.74) is 6.00. The quantitative estimate of drug-likeness (QED) is 0.759. The van der Waals surface area contributed by atoms with E-state index in [2.05, 4.69) is 0 Å². The van der Waals surface area contributed by atoms with Gasteiger partial charge in [0.15, 0.2) is 0 Å². The first-order chi connectivity index (χ1) is 8.63. The van der Waals surface area contributed by atoms with Gasteiger partial charge in [-0.2, -0.15) is 0 Å². The standard InChI is InChI=1S/C13H24N2O3/c14-13(4-2-1-3-5-13)8-12(17)15-6-7-18-11(9-15)10-16/h11,16H,1-10,14H2. The van der Waals surface area contributed by atoms with E-state index in [1.807, 2.05) is 0 Å². The minimum atomic E-state index is -0.303. The van der Waals surface area contributed by atoms with Crippen LogP contribution in [0.5, 0.6) is 0 Å². The minimum Gasteiger partial charge on any atom is -0.394 e. The van der Waals surface area contributed by atoms with Crippen LogP contribution in [-0.2, 0) is 9.53 Å². The predicted octanol–water partition coefficient (Wildman–Crippen LogP) is 0.258. The molecule has 1 unspecified atom stereocenters. The van der Waals surface area contributed by atoms with Gasteiger partial charge in [0.25, 0.3) is 0 Å². The largest absolute Gasteiger partial charge is 0.394 e. The van der Waals surface area contributed by atoms with Crippen molar-refractivity contribution in [1.82, 2.24) is 4.90 Å². The zero-order chi connectivity index (χ0) is 13.0. The van der Waals surface area contributed by atoms with Gasteiger partial charge in [-0.15, -0.1) is 0 Å². The number of amides is 1. The fraction of sp³-hybridized carbons (Fsp3) is 0.923. The Labute approximate surface area is 108 Å². The van der Waals surface area contributed by atoms with Crippen LogP contribution in [0.3, 0.4) is 0 Å². The lowest BCUT2D eigenvalue weighted by Crippen LogP contribution is -2.51. The molecule has 0 aromatic heterocycles. The van der Waals surface area contributed by atoms with Crippen molar-refractivity contribution >= 4 is 5.91 Å². The smallest absolute Gasteiger partial charge is 0.224 e. The molecule has 0 bridgehead atoms. The number of carbonyl (C=O) groups excluding carboxylic acids is 1. The Balaban J connectivity index is 1.86. The van der Waals surface area contributed by atoms with Gasteiger partial charge in [0.05, 0.1) is 19.3 Å². The lowest BCUT2D eigenvalue weighted by Gasteiger charge is -2.37. The summed E-state index contributed by atoms with van der Waals surface area (Å²) < 4.78 is 5.35. The van der Waals surface area contributed by atoms with Crippen molar-refractivity contribution < 1.29 is 14.6 Å². The Morgan fingerprint density at radius 2 is 2.11 bits per heavy atom. The van der Waals surface area contributed by atoms with E-state index in [1.54, 1.807) is 4.90 Å². The van der Waals surface area contributed by atoms with Crippen molar-refractivity contribution in [2.45, 2.75) is 50.2 Å². The molecule has 1 amide bonds.